The van der Waals surface area contributed by atoms with Crippen LogP contribution in [0.2, 0.25) is 0 Å². The minimum absolute atomic E-state index is 0.0519. The highest BCUT2D eigenvalue weighted by Gasteiger charge is 2.31. The highest BCUT2D eigenvalue weighted by atomic mass is 16.5. The van der Waals surface area contributed by atoms with Gasteiger partial charge in [-0.3, -0.25) is 9.59 Å². The van der Waals surface area contributed by atoms with Crippen molar-refractivity contribution in [1.29, 1.82) is 0 Å². The van der Waals surface area contributed by atoms with Crippen LogP contribution in [0.15, 0.2) is 39.5 Å². The number of alkyl carbamates (subject to hydrolysis) is 1. The van der Waals surface area contributed by atoms with Crippen molar-refractivity contribution in [3.63, 3.8) is 0 Å². The Morgan fingerprint density at radius 2 is 1.53 bits per heavy atom. The summed E-state index contributed by atoms with van der Waals surface area (Å²) in [5, 5.41) is 9.37. The number of carbonyl (C=O) groups excluding carboxylic acids is 3. The van der Waals surface area contributed by atoms with Gasteiger partial charge in [0.05, 0.1) is 12.6 Å². The number of hydrogen-bond donors (Lipinski definition) is 2. The van der Waals surface area contributed by atoms with E-state index in [0.717, 1.165) is 10.2 Å². The van der Waals surface area contributed by atoms with Crippen LogP contribution in [0.25, 0.3) is 0 Å². The number of hydrogen-bond acceptors (Lipinski definition) is 7. The summed E-state index contributed by atoms with van der Waals surface area (Å²) in [7, 11) is 0. The molecule has 0 aliphatic rings. The summed E-state index contributed by atoms with van der Waals surface area (Å²) in [5.74, 6) is -1.92. The Labute approximate surface area is 211 Å². The first kappa shape index (κ1) is 28.8. The SMILES string of the molecule is CC(C)CC(NC(=O)OCc1ccccc1)C(=O)NC(CC(C)C)C(=O)c1nn(CC(C)C)c(=O)o1. The number of aromatic nitrogens is 2. The molecule has 10 nitrogen and oxygen atoms in total. The first-order valence-electron chi connectivity index (χ1n) is 12.4. The van der Waals surface area contributed by atoms with Gasteiger partial charge in [-0.05, 0) is 36.2 Å². The monoisotopic (exact) mass is 502 g/mol. The van der Waals surface area contributed by atoms with Crippen molar-refractivity contribution < 1.29 is 23.5 Å². The normalized spacial score (nSPS) is 13.0. The Bertz CT molecular complexity index is 1060. The Morgan fingerprint density at radius 1 is 0.917 bits per heavy atom. The molecule has 0 saturated carbocycles. The Balaban J connectivity index is 2.13. The molecule has 198 valence electrons. The van der Waals surface area contributed by atoms with Gasteiger partial charge in [-0.2, -0.15) is 4.68 Å². The van der Waals surface area contributed by atoms with Crippen molar-refractivity contribution in [2.75, 3.05) is 0 Å². The number of benzene rings is 1. The summed E-state index contributed by atoms with van der Waals surface area (Å²) < 4.78 is 11.5. The van der Waals surface area contributed by atoms with Crippen molar-refractivity contribution in [1.82, 2.24) is 20.4 Å². The molecule has 2 rings (SSSR count). The quantitative estimate of drug-likeness (QED) is 0.400. The second-order valence-electron chi connectivity index (χ2n) is 10.2. The lowest BCUT2D eigenvalue weighted by Crippen LogP contribution is -2.52. The summed E-state index contributed by atoms with van der Waals surface area (Å²) in [5.41, 5.74) is 0.818. The molecule has 2 atom stereocenters. The Hall–Kier alpha value is -3.43. The molecule has 2 N–H and O–H groups in total. The average molecular weight is 503 g/mol. The molecular formula is C26H38N4O6. The van der Waals surface area contributed by atoms with Crippen LogP contribution in [0.4, 0.5) is 4.79 Å². The second-order valence-corrected chi connectivity index (χ2v) is 10.2. The van der Waals surface area contributed by atoms with Crippen LogP contribution in [0.3, 0.4) is 0 Å². The molecule has 2 unspecified atom stereocenters. The number of Topliss-reactive ketones (excluding diaryl/α,β-unsaturated/α-hetero) is 1. The van der Waals surface area contributed by atoms with Crippen LogP contribution < -0.4 is 16.4 Å². The maximum absolute atomic E-state index is 13.2. The molecule has 0 fully saturated rings. The largest absolute Gasteiger partial charge is 0.445 e. The molecule has 1 aromatic carbocycles. The van der Waals surface area contributed by atoms with Crippen molar-refractivity contribution >= 4 is 17.8 Å². The van der Waals surface area contributed by atoms with Crippen molar-refractivity contribution in [2.24, 2.45) is 17.8 Å². The van der Waals surface area contributed by atoms with Crippen LogP contribution in [0.5, 0.6) is 0 Å². The van der Waals surface area contributed by atoms with E-state index >= 15 is 0 Å². The number of rotatable bonds is 13. The van der Waals surface area contributed by atoms with Gasteiger partial charge in [-0.15, -0.1) is 5.10 Å². The van der Waals surface area contributed by atoms with E-state index in [1.54, 1.807) is 0 Å². The highest BCUT2D eigenvalue weighted by molar-refractivity contribution is 5.99. The molecule has 0 radical (unpaired) electrons. The van der Waals surface area contributed by atoms with E-state index in [9.17, 15) is 19.2 Å². The minimum atomic E-state index is -0.972. The highest BCUT2D eigenvalue weighted by Crippen LogP contribution is 2.12. The van der Waals surface area contributed by atoms with Gasteiger partial charge in [0.25, 0.3) is 5.89 Å². The molecule has 1 aromatic heterocycles. The lowest BCUT2D eigenvalue weighted by Gasteiger charge is -2.24. The molecule has 2 aromatic rings. The van der Waals surface area contributed by atoms with Crippen LogP contribution in [-0.4, -0.2) is 39.6 Å². The van der Waals surface area contributed by atoms with E-state index in [-0.39, 0.29) is 30.3 Å². The summed E-state index contributed by atoms with van der Waals surface area (Å²) in [4.78, 5) is 50.9. The van der Waals surface area contributed by atoms with Gasteiger partial charge in [0.15, 0.2) is 0 Å². The number of amides is 2. The predicted octanol–water partition coefficient (Wildman–Crippen LogP) is 3.55. The lowest BCUT2D eigenvalue weighted by molar-refractivity contribution is -0.124. The number of nitrogens with one attached hydrogen (secondary N) is 2. The van der Waals surface area contributed by atoms with E-state index in [1.165, 1.54) is 0 Å². The first-order valence-corrected chi connectivity index (χ1v) is 12.4. The molecule has 36 heavy (non-hydrogen) atoms. The molecular weight excluding hydrogens is 464 g/mol. The van der Waals surface area contributed by atoms with E-state index in [1.807, 2.05) is 71.9 Å². The molecule has 2 amide bonds. The third-order valence-electron chi connectivity index (χ3n) is 5.22. The second kappa shape index (κ2) is 13.6. The summed E-state index contributed by atoms with van der Waals surface area (Å²) in [6.45, 7) is 11.9. The van der Waals surface area contributed by atoms with Gasteiger partial charge in [-0.25, -0.2) is 9.59 Å². The lowest BCUT2D eigenvalue weighted by atomic mass is 9.98. The zero-order valence-electron chi connectivity index (χ0n) is 21.9. The molecule has 0 aliphatic carbocycles. The van der Waals surface area contributed by atoms with Crippen molar-refractivity contribution in [3.8, 4) is 0 Å². The molecule has 10 heteroatoms. The van der Waals surface area contributed by atoms with E-state index < -0.39 is 35.6 Å². The van der Waals surface area contributed by atoms with Crippen LogP contribution in [0.1, 0.15) is 70.6 Å². The summed E-state index contributed by atoms with van der Waals surface area (Å²) in [6, 6.07) is 7.31. The fourth-order valence-electron chi connectivity index (χ4n) is 3.60. The number of ketones is 1. The van der Waals surface area contributed by atoms with Gasteiger partial charge in [-0.1, -0.05) is 71.9 Å². The third-order valence-corrected chi connectivity index (χ3v) is 5.22. The third kappa shape index (κ3) is 9.31. The zero-order chi connectivity index (χ0) is 26.8. The van der Waals surface area contributed by atoms with Crippen LogP contribution in [0, 0.1) is 17.8 Å². The smallest absolute Gasteiger partial charge is 0.437 e. The maximum Gasteiger partial charge on any atom is 0.437 e. The molecule has 0 bridgehead atoms. The van der Waals surface area contributed by atoms with Crippen molar-refractivity contribution in [3.05, 3.63) is 52.3 Å². The van der Waals surface area contributed by atoms with Gasteiger partial charge >= 0.3 is 11.8 Å². The summed E-state index contributed by atoms with van der Waals surface area (Å²) >= 11 is 0. The number of nitrogens with zero attached hydrogens (tertiary/aromatic N) is 2. The first-order chi connectivity index (χ1) is 17.0. The average Bonchev–Trinajstić information content (AvgIpc) is 3.15. The van der Waals surface area contributed by atoms with E-state index in [0.29, 0.717) is 19.4 Å². The fourth-order valence-corrected chi connectivity index (χ4v) is 3.60. The maximum atomic E-state index is 13.2. The van der Waals surface area contributed by atoms with Crippen molar-refractivity contribution in [2.45, 2.75) is 79.6 Å². The van der Waals surface area contributed by atoms with Gasteiger partial charge in [0.2, 0.25) is 11.7 Å². The van der Waals surface area contributed by atoms with E-state index in [2.05, 4.69) is 15.7 Å². The number of carbonyl (C=O) groups is 3. The number of ether oxygens (including phenoxy) is 1. The fraction of sp³-hybridized carbons (Fsp3) is 0.577. The van der Waals surface area contributed by atoms with Crippen LogP contribution >= 0.6 is 0 Å². The Kier molecular flexibility index (Phi) is 10.9. The molecule has 0 saturated heterocycles. The molecule has 0 aliphatic heterocycles. The van der Waals surface area contributed by atoms with Crippen LogP contribution in [-0.2, 0) is 22.7 Å². The predicted molar refractivity (Wildman–Crippen MR) is 134 cm³/mol. The zero-order valence-corrected chi connectivity index (χ0v) is 21.9. The van der Waals surface area contributed by atoms with Gasteiger partial charge < -0.3 is 19.8 Å². The Morgan fingerprint density at radius 3 is 2.11 bits per heavy atom. The van der Waals surface area contributed by atoms with Gasteiger partial charge in [0, 0.05) is 0 Å². The summed E-state index contributed by atoms with van der Waals surface area (Å²) in [6.07, 6.45) is -0.0877. The molecule has 0 spiro atoms. The standard InChI is InChI=1S/C26H38N4O6/c1-16(2)12-20(22(31)24-29-30(14-18(5)6)26(34)36-24)27-23(32)21(13-17(3)4)28-25(33)35-15-19-10-8-7-9-11-19/h7-11,16-18,20-21H,12-15H2,1-6H3,(H,27,32)(H,28,33). The van der Waals surface area contributed by atoms with Gasteiger partial charge in [0.1, 0.15) is 12.6 Å². The molecule has 1 heterocycles. The van der Waals surface area contributed by atoms with E-state index in [4.69, 9.17) is 9.15 Å². The topological polar surface area (TPSA) is 133 Å². The minimum Gasteiger partial charge on any atom is -0.445 e.